The summed E-state index contributed by atoms with van der Waals surface area (Å²) in [6.07, 6.45) is 0. The smallest absolute Gasteiger partial charge is 0.337 e. The normalized spacial score (nSPS) is 10.4. The van der Waals surface area contributed by atoms with Crippen LogP contribution in [-0.2, 0) is 0 Å². The van der Waals surface area contributed by atoms with E-state index in [9.17, 15) is 20.0 Å². The molecule has 0 amide bonds. The Morgan fingerprint density at radius 2 is 1.86 bits per heavy atom. The number of carboxylic acids is 1. The molecule has 1 N–H and O–H groups in total. The molecule has 0 unspecified atom stereocenters. The third kappa shape index (κ3) is 3.47. The number of halogens is 2. The first kappa shape index (κ1) is 15.6. The molecule has 0 aliphatic carbocycles. The lowest BCUT2D eigenvalue weighted by Gasteiger charge is -2.09. The molecule has 0 saturated heterocycles. The third-order valence-corrected chi connectivity index (χ3v) is 4.59. The first-order chi connectivity index (χ1) is 9.90. The van der Waals surface area contributed by atoms with Crippen molar-refractivity contribution in [2.75, 3.05) is 0 Å². The van der Waals surface area contributed by atoms with Crippen LogP contribution in [0.3, 0.4) is 0 Å². The van der Waals surface area contributed by atoms with E-state index in [2.05, 4.69) is 0 Å². The van der Waals surface area contributed by atoms with E-state index in [1.165, 1.54) is 0 Å². The second-order valence-electron chi connectivity index (χ2n) is 3.90. The van der Waals surface area contributed by atoms with Crippen LogP contribution in [0.1, 0.15) is 10.4 Å². The van der Waals surface area contributed by atoms with Crippen molar-refractivity contribution in [1.29, 1.82) is 0 Å². The average molecular weight is 344 g/mol. The van der Waals surface area contributed by atoms with E-state index in [-0.39, 0.29) is 21.2 Å². The van der Waals surface area contributed by atoms with Gasteiger partial charge in [0.05, 0.1) is 20.5 Å². The summed E-state index contributed by atoms with van der Waals surface area (Å²) in [7, 11) is 0. The molecule has 0 spiro atoms. The van der Waals surface area contributed by atoms with E-state index in [1.807, 2.05) is 0 Å². The van der Waals surface area contributed by atoms with E-state index in [0.29, 0.717) is 9.92 Å². The van der Waals surface area contributed by atoms with Crippen LogP contribution in [0.2, 0.25) is 10.0 Å². The Balaban J connectivity index is 2.55. The van der Waals surface area contributed by atoms with Crippen molar-refractivity contribution in [3.05, 3.63) is 62.1 Å². The topological polar surface area (TPSA) is 80.4 Å². The summed E-state index contributed by atoms with van der Waals surface area (Å²) in [6, 6.07) is 8.94. The third-order valence-electron chi connectivity index (χ3n) is 2.52. The number of rotatable bonds is 4. The molecule has 0 atom stereocenters. The number of carbonyl (C=O) groups is 1. The number of nitrogens with zero attached hydrogens (tertiary/aromatic N) is 1. The number of carboxylic acid groups (broad SMARTS) is 1. The first-order valence-corrected chi connectivity index (χ1v) is 7.11. The minimum absolute atomic E-state index is 0.00785. The SMILES string of the molecule is O=C(O)c1cc([N+](=O)[O-])cc(Cl)c1Sc1ccccc1Cl. The molecular weight excluding hydrogens is 337 g/mol. The number of hydrogen-bond donors (Lipinski definition) is 1. The quantitative estimate of drug-likeness (QED) is 0.639. The number of nitro groups is 1. The fourth-order valence-electron chi connectivity index (χ4n) is 1.58. The highest BCUT2D eigenvalue weighted by Gasteiger charge is 2.21. The summed E-state index contributed by atoms with van der Waals surface area (Å²) >= 11 is 13.1. The van der Waals surface area contributed by atoms with Gasteiger partial charge in [-0.3, -0.25) is 10.1 Å². The molecule has 0 bridgehead atoms. The highest BCUT2D eigenvalue weighted by atomic mass is 35.5. The van der Waals surface area contributed by atoms with Gasteiger partial charge in [-0.2, -0.15) is 0 Å². The number of nitro benzene ring substituents is 1. The van der Waals surface area contributed by atoms with Gasteiger partial charge in [-0.1, -0.05) is 47.1 Å². The molecule has 2 aromatic carbocycles. The number of benzene rings is 2. The van der Waals surface area contributed by atoms with Crippen LogP contribution in [0, 0.1) is 10.1 Å². The molecule has 0 saturated carbocycles. The summed E-state index contributed by atoms with van der Waals surface area (Å²) in [5, 5.41) is 20.4. The van der Waals surface area contributed by atoms with E-state index in [1.54, 1.807) is 24.3 Å². The molecule has 0 radical (unpaired) electrons. The maximum absolute atomic E-state index is 11.3. The maximum atomic E-state index is 11.3. The lowest BCUT2D eigenvalue weighted by Crippen LogP contribution is -2.01. The van der Waals surface area contributed by atoms with Crippen molar-refractivity contribution in [2.24, 2.45) is 0 Å². The molecule has 0 fully saturated rings. The Bertz CT molecular complexity index is 736. The van der Waals surface area contributed by atoms with Crippen molar-refractivity contribution in [3.63, 3.8) is 0 Å². The molecule has 0 aliphatic rings. The van der Waals surface area contributed by atoms with Crippen LogP contribution < -0.4 is 0 Å². The van der Waals surface area contributed by atoms with E-state index >= 15 is 0 Å². The van der Waals surface area contributed by atoms with Gasteiger partial charge in [0.1, 0.15) is 0 Å². The van der Waals surface area contributed by atoms with Crippen molar-refractivity contribution < 1.29 is 14.8 Å². The van der Waals surface area contributed by atoms with E-state index in [0.717, 1.165) is 23.9 Å². The predicted octanol–water partition coefficient (Wildman–Crippen LogP) is 4.75. The zero-order valence-corrected chi connectivity index (χ0v) is 12.6. The largest absolute Gasteiger partial charge is 0.478 e. The monoisotopic (exact) mass is 343 g/mol. The summed E-state index contributed by atoms with van der Waals surface area (Å²) in [6.45, 7) is 0. The molecule has 0 heterocycles. The molecule has 5 nitrogen and oxygen atoms in total. The van der Waals surface area contributed by atoms with Crippen LogP contribution in [0.15, 0.2) is 46.2 Å². The molecule has 108 valence electrons. The van der Waals surface area contributed by atoms with E-state index < -0.39 is 10.9 Å². The van der Waals surface area contributed by atoms with Crippen LogP contribution in [0.25, 0.3) is 0 Å². The van der Waals surface area contributed by atoms with Crippen molar-refractivity contribution in [2.45, 2.75) is 9.79 Å². The molecule has 8 heteroatoms. The predicted molar refractivity (Wildman–Crippen MR) is 80.6 cm³/mol. The fourth-order valence-corrected chi connectivity index (χ4v) is 3.11. The van der Waals surface area contributed by atoms with Gasteiger partial charge in [-0.05, 0) is 12.1 Å². The van der Waals surface area contributed by atoms with Gasteiger partial charge in [0.25, 0.3) is 5.69 Å². The maximum Gasteiger partial charge on any atom is 0.337 e. The lowest BCUT2D eigenvalue weighted by atomic mass is 10.2. The lowest BCUT2D eigenvalue weighted by molar-refractivity contribution is -0.384. The molecule has 2 aromatic rings. The van der Waals surface area contributed by atoms with Crippen molar-refractivity contribution >= 4 is 46.6 Å². The van der Waals surface area contributed by atoms with Gasteiger partial charge in [0.2, 0.25) is 0 Å². The number of hydrogen-bond acceptors (Lipinski definition) is 4. The zero-order chi connectivity index (χ0) is 15.6. The minimum Gasteiger partial charge on any atom is -0.478 e. The van der Waals surface area contributed by atoms with Crippen LogP contribution in [-0.4, -0.2) is 16.0 Å². The van der Waals surface area contributed by atoms with Gasteiger partial charge in [0.15, 0.2) is 0 Å². The van der Waals surface area contributed by atoms with Gasteiger partial charge in [-0.15, -0.1) is 0 Å². The van der Waals surface area contributed by atoms with Gasteiger partial charge >= 0.3 is 5.97 Å². The van der Waals surface area contributed by atoms with Crippen LogP contribution >= 0.6 is 35.0 Å². The molecule has 0 aromatic heterocycles. The second kappa shape index (κ2) is 6.34. The number of aromatic carboxylic acids is 1. The number of non-ortho nitro benzene ring substituents is 1. The summed E-state index contributed by atoms with van der Waals surface area (Å²) in [5.74, 6) is -1.30. The van der Waals surface area contributed by atoms with Crippen LogP contribution in [0.4, 0.5) is 5.69 Å². The molecule has 2 rings (SSSR count). The van der Waals surface area contributed by atoms with Gasteiger partial charge in [-0.25, -0.2) is 4.79 Å². The first-order valence-electron chi connectivity index (χ1n) is 5.53. The molecular formula is C13H7Cl2NO4S. The molecule has 21 heavy (non-hydrogen) atoms. The summed E-state index contributed by atoms with van der Waals surface area (Å²) in [5.41, 5.74) is -0.611. The Hall–Kier alpha value is -1.76. The highest BCUT2D eigenvalue weighted by Crippen LogP contribution is 2.40. The second-order valence-corrected chi connectivity index (χ2v) is 5.77. The fraction of sp³-hybridized carbons (Fsp3) is 0. The van der Waals surface area contributed by atoms with Crippen LogP contribution in [0.5, 0.6) is 0 Å². The Morgan fingerprint density at radius 1 is 1.19 bits per heavy atom. The molecule has 0 aliphatic heterocycles. The zero-order valence-electron chi connectivity index (χ0n) is 10.2. The summed E-state index contributed by atoms with van der Waals surface area (Å²) < 4.78 is 0. The summed E-state index contributed by atoms with van der Waals surface area (Å²) in [4.78, 5) is 22.2. The standard InChI is InChI=1S/C13H7Cl2NO4S/c14-9-3-1-2-4-11(9)21-12-8(13(17)18)5-7(16(19)20)6-10(12)15/h1-6H,(H,17,18). The van der Waals surface area contributed by atoms with Crippen molar-refractivity contribution in [3.8, 4) is 0 Å². The van der Waals surface area contributed by atoms with E-state index in [4.69, 9.17) is 23.2 Å². The Morgan fingerprint density at radius 3 is 2.43 bits per heavy atom. The average Bonchev–Trinajstić information content (AvgIpc) is 2.42. The Kier molecular flexibility index (Phi) is 4.72. The Labute approximate surface area is 133 Å². The van der Waals surface area contributed by atoms with Gasteiger partial charge < -0.3 is 5.11 Å². The minimum atomic E-state index is -1.30. The van der Waals surface area contributed by atoms with Crippen molar-refractivity contribution in [1.82, 2.24) is 0 Å². The highest BCUT2D eigenvalue weighted by molar-refractivity contribution is 7.99. The van der Waals surface area contributed by atoms with Gasteiger partial charge in [0, 0.05) is 21.9 Å².